The number of carbonyl (C=O) groups excluding carboxylic acids is 1. The average Bonchev–Trinajstić information content (AvgIpc) is 2.75. The Morgan fingerprint density at radius 3 is 2.23 bits per heavy atom. The van der Waals surface area contributed by atoms with Gasteiger partial charge in [-0.25, -0.2) is 4.79 Å². The van der Waals surface area contributed by atoms with Crippen LogP contribution in [0.3, 0.4) is 0 Å². The molecule has 6 nitrogen and oxygen atoms in total. The van der Waals surface area contributed by atoms with Crippen molar-refractivity contribution in [2.45, 2.75) is 49.6 Å². The van der Waals surface area contributed by atoms with Crippen LogP contribution in [-0.4, -0.2) is 46.8 Å². The van der Waals surface area contributed by atoms with Gasteiger partial charge >= 0.3 is 18.0 Å². The van der Waals surface area contributed by atoms with Crippen LogP contribution in [0.2, 0.25) is 0 Å². The number of nitrogens with zero attached hydrogens (tertiary/aromatic N) is 3. The number of likely N-dealkylation sites (N-methyl/N-ethyl adjacent to an activating group) is 1. The summed E-state index contributed by atoms with van der Waals surface area (Å²) in [6.07, 6.45) is -6.91. The second-order valence-corrected chi connectivity index (χ2v) is 9.38. The monoisotopic (exact) mass is 522 g/mol. The number of fused-ring (bicyclic) bond motifs is 1. The number of amides is 1. The number of hydrogen-bond acceptors (Lipinski definition) is 5. The van der Waals surface area contributed by atoms with Gasteiger partial charge in [-0.3, -0.25) is 9.36 Å². The molecule has 0 saturated heterocycles. The Balaban J connectivity index is 1.79. The fourth-order valence-corrected chi connectivity index (χ4v) is 4.63. The molecule has 2 aromatic rings. The number of nitrogens with one attached hydrogen (secondary N) is 1. The molecule has 0 fully saturated rings. The van der Waals surface area contributed by atoms with Crippen molar-refractivity contribution in [3.63, 3.8) is 0 Å². The van der Waals surface area contributed by atoms with Crippen LogP contribution in [0.25, 0.3) is 0 Å². The van der Waals surface area contributed by atoms with Gasteiger partial charge in [-0.1, -0.05) is 11.8 Å². The van der Waals surface area contributed by atoms with E-state index in [0.717, 1.165) is 35.9 Å². The van der Waals surface area contributed by atoms with Crippen molar-refractivity contribution < 1.29 is 31.1 Å². The van der Waals surface area contributed by atoms with Crippen molar-refractivity contribution in [2.75, 3.05) is 31.7 Å². The number of aromatic nitrogens is 2. The number of carbonyl (C=O) groups is 1. The Morgan fingerprint density at radius 1 is 1.06 bits per heavy atom. The van der Waals surface area contributed by atoms with Crippen LogP contribution in [0.5, 0.6) is 0 Å². The summed E-state index contributed by atoms with van der Waals surface area (Å²) < 4.78 is 79.9. The second kappa shape index (κ2) is 10.6. The third kappa shape index (κ3) is 7.00. The van der Waals surface area contributed by atoms with E-state index in [1.165, 1.54) is 0 Å². The number of hydrogen-bond donors (Lipinski definition) is 1. The summed E-state index contributed by atoms with van der Waals surface area (Å²) in [4.78, 5) is 31.1. The Kier molecular flexibility index (Phi) is 8.20. The lowest BCUT2D eigenvalue weighted by atomic mass is 9.97. The van der Waals surface area contributed by atoms with Crippen LogP contribution in [-0.2, 0) is 36.5 Å². The number of benzene rings is 1. The minimum absolute atomic E-state index is 0.00803. The van der Waals surface area contributed by atoms with Gasteiger partial charge in [0.25, 0.3) is 0 Å². The third-order valence-corrected chi connectivity index (χ3v) is 6.45. The molecule has 1 aromatic heterocycles. The fourth-order valence-electron chi connectivity index (χ4n) is 3.76. The number of alkyl halides is 6. The van der Waals surface area contributed by atoms with E-state index in [1.807, 2.05) is 19.0 Å². The largest absolute Gasteiger partial charge is 0.416 e. The van der Waals surface area contributed by atoms with Crippen molar-refractivity contribution in [1.29, 1.82) is 0 Å². The van der Waals surface area contributed by atoms with E-state index in [0.29, 0.717) is 43.1 Å². The first kappa shape index (κ1) is 27.1. The molecule has 0 bridgehead atoms. The minimum Gasteiger partial charge on any atom is -0.325 e. The van der Waals surface area contributed by atoms with Gasteiger partial charge in [-0.05, 0) is 58.0 Å². The maximum absolute atomic E-state index is 13.0. The molecule has 0 spiro atoms. The quantitative estimate of drug-likeness (QED) is 0.331. The van der Waals surface area contributed by atoms with Crippen LogP contribution >= 0.6 is 11.8 Å². The SMILES string of the molecule is CN(C)CCn1c2c(c(SCC(=O)Nc3cc(C(F)(F)F)cc(C(F)(F)F)c3)nc1=O)CCCC2. The fraction of sp³-hybridized carbons (Fsp3) is 0.500. The summed E-state index contributed by atoms with van der Waals surface area (Å²) in [5.41, 5.74) is -2.41. The lowest BCUT2D eigenvalue weighted by molar-refractivity contribution is -0.143. The minimum atomic E-state index is -5.02. The highest BCUT2D eigenvalue weighted by Crippen LogP contribution is 2.37. The maximum atomic E-state index is 13.0. The van der Waals surface area contributed by atoms with E-state index in [4.69, 9.17) is 0 Å². The Labute approximate surface area is 201 Å². The molecule has 3 rings (SSSR count). The van der Waals surface area contributed by atoms with Crippen molar-refractivity contribution >= 4 is 23.4 Å². The van der Waals surface area contributed by atoms with E-state index < -0.39 is 40.8 Å². The maximum Gasteiger partial charge on any atom is 0.416 e. The molecule has 1 amide bonds. The molecule has 0 unspecified atom stereocenters. The lowest BCUT2D eigenvalue weighted by Crippen LogP contribution is -2.33. The Bertz CT molecular complexity index is 1110. The molecule has 1 aliphatic rings. The van der Waals surface area contributed by atoms with Crippen molar-refractivity contribution in [3.8, 4) is 0 Å². The van der Waals surface area contributed by atoms with Gasteiger partial charge in [0.2, 0.25) is 5.91 Å². The van der Waals surface area contributed by atoms with Crippen molar-refractivity contribution in [1.82, 2.24) is 14.5 Å². The zero-order valence-electron chi connectivity index (χ0n) is 19.0. The molecule has 0 atom stereocenters. The van der Waals surface area contributed by atoms with Gasteiger partial charge in [0.1, 0.15) is 5.03 Å². The van der Waals surface area contributed by atoms with Crippen LogP contribution in [0, 0.1) is 0 Å². The Hall–Kier alpha value is -2.54. The molecule has 1 heterocycles. The van der Waals surface area contributed by atoms with Gasteiger partial charge in [0.15, 0.2) is 0 Å². The number of thioether (sulfide) groups is 1. The van der Waals surface area contributed by atoms with E-state index in [9.17, 15) is 35.9 Å². The van der Waals surface area contributed by atoms with E-state index in [-0.39, 0.29) is 11.8 Å². The summed E-state index contributed by atoms with van der Waals surface area (Å²) in [5.74, 6) is -1.15. The predicted octanol–water partition coefficient (Wildman–Crippen LogP) is 4.45. The van der Waals surface area contributed by atoms with Gasteiger partial charge in [-0.15, -0.1) is 0 Å². The van der Waals surface area contributed by atoms with Gasteiger partial charge in [0.05, 0.1) is 16.9 Å². The summed E-state index contributed by atoms with van der Waals surface area (Å²) in [7, 11) is 3.77. The molecular formula is C22H24F6N4O2S. The highest BCUT2D eigenvalue weighted by atomic mass is 32.2. The normalized spacial score (nSPS) is 14.2. The summed E-state index contributed by atoms with van der Waals surface area (Å²) >= 11 is 0.938. The van der Waals surface area contributed by atoms with E-state index >= 15 is 0 Å². The average molecular weight is 523 g/mol. The smallest absolute Gasteiger partial charge is 0.325 e. The van der Waals surface area contributed by atoms with Crippen LogP contribution in [0.1, 0.15) is 35.2 Å². The third-order valence-electron chi connectivity index (χ3n) is 5.43. The highest BCUT2D eigenvalue weighted by molar-refractivity contribution is 8.00. The second-order valence-electron chi connectivity index (χ2n) is 8.42. The Morgan fingerprint density at radius 2 is 1.66 bits per heavy atom. The van der Waals surface area contributed by atoms with Crippen molar-refractivity contribution in [3.05, 3.63) is 51.1 Å². The number of halogens is 6. The molecule has 0 aliphatic heterocycles. The molecule has 1 aliphatic carbocycles. The van der Waals surface area contributed by atoms with Crippen LogP contribution < -0.4 is 11.0 Å². The zero-order chi connectivity index (χ0) is 26.0. The lowest BCUT2D eigenvalue weighted by Gasteiger charge is -2.23. The number of anilines is 1. The summed E-state index contributed by atoms with van der Waals surface area (Å²) in [6, 6.07) is 0.889. The van der Waals surface area contributed by atoms with Crippen molar-refractivity contribution in [2.24, 2.45) is 0 Å². The molecule has 1 N–H and O–H groups in total. The first-order valence-corrected chi connectivity index (χ1v) is 11.7. The van der Waals surface area contributed by atoms with Crippen LogP contribution in [0.15, 0.2) is 28.0 Å². The van der Waals surface area contributed by atoms with E-state index in [2.05, 4.69) is 10.3 Å². The molecule has 0 saturated carbocycles. The molecule has 35 heavy (non-hydrogen) atoms. The predicted molar refractivity (Wildman–Crippen MR) is 119 cm³/mol. The molecule has 13 heteroatoms. The van der Waals surface area contributed by atoms with Gasteiger partial charge in [-0.2, -0.15) is 31.3 Å². The molecular weight excluding hydrogens is 498 g/mol. The standard InChI is InChI=1S/C22H24F6N4O2S/c1-31(2)7-8-32-17-6-4-3-5-16(17)19(30-20(32)34)35-12-18(33)29-15-10-13(21(23,24)25)9-14(11-15)22(26,27)28/h9-11H,3-8,12H2,1-2H3,(H,29,33). The molecule has 1 aromatic carbocycles. The summed E-state index contributed by atoms with van der Waals surface area (Å²) in [5, 5.41) is 2.46. The zero-order valence-corrected chi connectivity index (χ0v) is 19.8. The van der Waals surface area contributed by atoms with Gasteiger partial charge < -0.3 is 10.2 Å². The summed E-state index contributed by atoms with van der Waals surface area (Å²) in [6.45, 7) is 1.10. The van der Waals surface area contributed by atoms with Crippen LogP contribution in [0.4, 0.5) is 32.0 Å². The first-order valence-electron chi connectivity index (χ1n) is 10.7. The molecule has 192 valence electrons. The van der Waals surface area contributed by atoms with E-state index in [1.54, 1.807) is 4.57 Å². The topological polar surface area (TPSA) is 67.2 Å². The van der Waals surface area contributed by atoms with Gasteiger partial charge in [0, 0.05) is 30.0 Å². The molecule has 0 radical (unpaired) electrons. The first-order chi connectivity index (χ1) is 16.3. The highest BCUT2D eigenvalue weighted by Gasteiger charge is 2.37. The number of rotatable bonds is 7.